The van der Waals surface area contributed by atoms with E-state index in [2.05, 4.69) is 0 Å². The Balaban J connectivity index is 1.34. The van der Waals surface area contributed by atoms with Crippen LogP contribution >= 0.6 is 0 Å². The lowest BCUT2D eigenvalue weighted by atomic mass is 9.98. The van der Waals surface area contributed by atoms with Gasteiger partial charge >= 0.3 is 11.6 Å². The zero-order valence-corrected chi connectivity index (χ0v) is 23.3. The van der Waals surface area contributed by atoms with Crippen LogP contribution in [-0.2, 0) is 23.7 Å². The molecule has 14 heteroatoms. The minimum Gasteiger partial charge on any atom is -0.508 e. The zero-order chi connectivity index (χ0) is 31.5. The van der Waals surface area contributed by atoms with Crippen LogP contribution in [0.1, 0.15) is 12.5 Å². The summed E-state index contributed by atoms with van der Waals surface area (Å²) in [5.41, 5.74) is 0.169. The largest absolute Gasteiger partial charge is 0.508 e. The van der Waals surface area contributed by atoms with Gasteiger partial charge in [0.05, 0.1) is 12.7 Å². The highest BCUT2D eigenvalue weighted by Crippen LogP contribution is 2.30. The fourth-order valence-corrected chi connectivity index (χ4v) is 4.78. The lowest BCUT2D eigenvalue weighted by Crippen LogP contribution is -2.62. The van der Waals surface area contributed by atoms with Crippen molar-refractivity contribution >= 4 is 23.0 Å². The van der Waals surface area contributed by atoms with E-state index in [0.29, 0.717) is 10.9 Å². The maximum atomic E-state index is 12.7. The molecule has 0 aliphatic carbocycles. The average molecular weight is 617 g/mol. The van der Waals surface area contributed by atoms with Gasteiger partial charge in [-0.05, 0) is 48.9 Å². The summed E-state index contributed by atoms with van der Waals surface area (Å²) in [5, 5.41) is 62.2. The first-order chi connectivity index (χ1) is 21.0. The number of hydrogen-bond acceptors (Lipinski definition) is 14. The molecule has 0 saturated carbocycles. The van der Waals surface area contributed by atoms with Gasteiger partial charge in [-0.25, -0.2) is 9.59 Å². The van der Waals surface area contributed by atoms with Gasteiger partial charge in [-0.1, -0.05) is 12.1 Å². The van der Waals surface area contributed by atoms with Crippen molar-refractivity contribution in [2.24, 2.45) is 0 Å². The van der Waals surface area contributed by atoms with E-state index in [-0.39, 0.29) is 17.1 Å². The van der Waals surface area contributed by atoms with Crippen LogP contribution in [0.4, 0.5) is 0 Å². The monoisotopic (exact) mass is 616 g/mol. The summed E-state index contributed by atoms with van der Waals surface area (Å²) < 4.78 is 33.4. The standard InChI is InChI=1S/C30H32O14/c1-14-23(34)25(36)27(38)29(40-14)39-13-20-24(35)26(37)28(44-22(33)10-4-15-2-7-17(31)8-3-15)30(43-20)41-18-9-5-16-6-11-21(32)42-19(16)12-18/h2-12,14,20,23-31,34-38H,13H2,1H3. The molecule has 0 bridgehead atoms. The lowest BCUT2D eigenvalue weighted by molar-refractivity contribution is -0.319. The van der Waals surface area contributed by atoms with Gasteiger partial charge in [0.15, 0.2) is 12.4 Å². The SMILES string of the molecule is CC1OC(OCC2OC(Oc3ccc4ccc(=O)oc4c3)C(OC(=O)C=Cc3ccc(O)cc3)C(O)C2O)C(O)C(O)C1O. The first-order valence-electron chi connectivity index (χ1n) is 13.7. The summed E-state index contributed by atoms with van der Waals surface area (Å²) in [4.78, 5) is 24.4. The third-order valence-corrected chi connectivity index (χ3v) is 7.28. The number of aliphatic hydroxyl groups is 5. The fraction of sp³-hybridized carbons (Fsp3) is 0.400. The summed E-state index contributed by atoms with van der Waals surface area (Å²) in [7, 11) is 0. The molecule has 2 saturated heterocycles. The van der Waals surface area contributed by atoms with Crippen LogP contribution in [0, 0.1) is 0 Å². The summed E-state index contributed by atoms with van der Waals surface area (Å²) >= 11 is 0. The number of ether oxygens (including phenoxy) is 5. The Morgan fingerprint density at radius 2 is 1.59 bits per heavy atom. The van der Waals surface area contributed by atoms with E-state index >= 15 is 0 Å². The smallest absolute Gasteiger partial charge is 0.336 e. The van der Waals surface area contributed by atoms with E-state index in [9.17, 15) is 40.2 Å². The molecule has 0 radical (unpaired) electrons. The Morgan fingerprint density at radius 1 is 0.864 bits per heavy atom. The molecule has 3 aromatic rings. The van der Waals surface area contributed by atoms with Crippen LogP contribution in [0.25, 0.3) is 17.0 Å². The predicted molar refractivity (Wildman–Crippen MR) is 149 cm³/mol. The van der Waals surface area contributed by atoms with Crippen molar-refractivity contribution < 1.29 is 63.5 Å². The van der Waals surface area contributed by atoms with E-state index in [4.69, 9.17) is 28.1 Å². The van der Waals surface area contributed by atoms with Crippen LogP contribution in [0.2, 0.25) is 0 Å². The third kappa shape index (κ3) is 7.09. The number of rotatable bonds is 8. The van der Waals surface area contributed by atoms with E-state index < -0.39 is 79.6 Å². The molecule has 10 atom stereocenters. The predicted octanol–water partition coefficient (Wildman–Crippen LogP) is -0.207. The Kier molecular flexibility index (Phi) is 9.62. The van der Waals surface area contributed by atoms with Gasteiger partial charge in [0.25, 0.3) is 0 Å². The maximum absolute atomic E-state index is 12.7. The maximum Gasteiger partial charge on any atom is 0.336 e. The van der Waals surface area contributed by atoms with Gasteiger partial charge in [0, 0.05) is 23.6 Å². The highest BCUT2D eigenvalue weighted by atomic mass is 16.7. The van der Waals surface area contributed by atoms with Crippen molar-refractivity contribution in [1.29, 1.82) is 0 Å². The number of hydrogen-bond donors (Lipinski definition) is 6. The summed E-state index contributed by atoms with van der Waals surface area (Å²) in [5.74, 6) is -0.760. The van der Waals surface area contributed by atoms with Crippen molar-refractivity contribution in [3.63, 3.8) is 0 Å². The number of phenols is 1. The number of benzene rings is 2. The molecule has 2 aliphatic rings. The zero-order valence-electron chi connectivity index (χ0n) is 23.3. The van der Waals surface area contributed by atoms with E-state index in [1.165, 1.54) is 43.3 Å². The minimum absolute atomic E-state index is 0.0421. The molecule has 6 N–H and O–H groups in total. The molecule has 2 aromatic carbocycles. The average Bonchev–Trinajstić information content (AvgIpc) is 3.00. The van der Waals surface area contributed by atoms with Gasteiger partial charge in [-0.2, -0.15) is 0 Å². The van der Waals surface area contributed by atoms with Crippen LogP contribution in [0.15, 0.2) is 69.9 Å². The Labute approximate surface area is 249 Å². The molecule has 3 heterocycles. The van der Waals surface area contributed by atoms with Crippen molar-refractivity contribution in [2.45, 2.75) is 68.3 Å². The number of phenolic OH excluding ortho intramolecular Hbond substituents is 1. The van der Waals surface area contributed by atoms with Crippen molar-refractivity contribution in [3.05, 3.63) is 76.7 Å². The highest BCUT2D eigenvalue weighted by Gasteiger charge is 2.49. The van der Waals surface area contributed by atoms with Gasteiger partial charge in [0.1, 0.15) is 53.7 Å². The first kappa shape index (κ1) is 31.6. The lowest BCUT2D eigenvalue weighted by Gasteiger charge is -2.43. The molecular formula is C30H32O14. The Hall–Kier alpha value is -3.86. The van der Waals surface area contributed by atoms with E-state index in [1.807, 2.05) is 0 Å². The molecule has 0 amide bonds. The molecule has 14 nitrogen and oxygen atoms in total. The second-order valence-corrected chi connectivity index (χ2v) is 10.4. The highest BCUT2D eigenvalue weighted by molar-refractivity contribution is 5.87. The normalized spacial score (nSPS) is 32.5. The molecule has 1 aromatic heterocycles. The van der Waals surface area contributed by atoms with Crippen LogP contribution in [0.5, 0.6) is 11.5 Å². The fourth-order valence-electron chi connectivity index (χ4n) is 4.78. The molecule has 44 heavy (non-hydrogen) atoms. The molecule has 2 aliphatic heterocycles. The van der Waals surface area contributed by atoms with Gasteiger partial charge < -0.3 is 58.7 Å². The number of aliphatic hydroxyl groups excluding tert-OH is 5. The van der Waals surface area contributed by atoms with Crippen molar-refractivity contribution in [2.75, 3.05) is 6.61 Å². The second kappa shape index (κ2) is 13.4. The molecule has 0 spiro atoms. The molecule has 2 fully saturated rings. The number of aromatic hydroxyl groups is 1. The summed E-state index contributed by atoms with van der Waals surface area (Å²) in [6.07, 6.45) is -12.2. The Morgan fingerprint density at radius 3 is 2.34 bits per heavy atom. The minimum atomic E-state index is -1.75. The van der Waals surface area contributed by atoms with E-state index in [0.717, 1.165) is 6.08 Å². The molecule has 5 rings (SSSR count). The number of carbonyl (C=O) groups is 1. The van der Waals surface area contributed by atoms with Crippen molar-refractivity contribution in [1.82, 2.24) is 0 Å². The topological polar surface area (TPSA) is 215 Å². The van der Waals surface area contributed by atoms with Gasteiger partial charge in [0.2, 0.25) is 6.29 Å². The number of fused-ring (bicyclic) bond motifs is 1. The van der Waals surface area contributed by atoms with Crippen LogP contribution in [0.3, 0.4) is 0 Å². The first-order valence-corrected chi connectivity index (χ1v) is 13.7. The Bertz CT molecular complexity index is 1520. The summed E-state index contributed by atoms with van der Waals surface area (Å²) in [6.45, 7) is 0.986. The molecular weight excluding hydrogens is 584 g/mol. The van der Waals surface area contributed by atoms with E-state index in [1.54, 1.807) is 24.3 Å². The third-order valence-electron chi connectivity index (χ3n) is 7.28. The number of carbonyl (C=O) groups excluding carboxylic acids is 1. The number of esters is 1. The van der Waals surface area contributed by atoms with Crippen LogP contribution < -0.4 is 10.4 Å². The second-order valence-electron chi connectivity index (χ2n) is 10.4. The molecule has 10 unspecified atom stereocenters. The van der Waals surface area contributed by atoms with Crippen LogP contribution in [-0.4, -0.2) is 105 Å². The molecule has 236 valence electrons. The quantitative estimate of drug-likeness (QED) is 0.110. The van der Waals surface area contributed by atoms with Gasteiger partial charge in [-0.15, -0.1) is 0 Å². The van der Waals surface area contributed by atoms with Gasteiger partial charge in [-0.3, -0.25) is 0 Å². The summed E-state index contributed by atoms with van der Waals surface area (Å²) in [6, 6.07) is 13.3. The van der Waals surface area contributed by atoms with Crippen molar-refractivity contribution in [3.8, 4) is 11.5 Å².